The Bertz CT molecular complexity index is 641. The summed E-state index contributed by atoms with van der Waals surface area (Å²) in [6.45, 7) is 0.443. The SMILES string of the molecule is CN(C(=O)C1Cc2ccccc2C1)c1ccccc1CN. The lowest BCUT2D eigenvalue weighted by atomic mass is 10.0. The topological polar surface area (TPSA) is 46.3 Å². The number of benzene rings is 2. The predicted molar refractivity (Wildman–Crippen MR) is 85.1 cm³/mol. The van der Waals surface area contributed by atoms with Gasteiger partial charge in [0.25, 0.3) is 0 Å². The van der Waals surface area contributed by atoms with E-state index < -0.39 is 0 Å². The number of carbonyl (C=O) groups excluding carboxylic acids is 1. The molecule has 0 bridgehead atoms. The number of para-hydroxylation sites is 1. The summed E-state index contributed by atoms with van der Waals surface area (Å²) in [6, 6.07) is 16.2. The van der Waals surface area contributed by atoms with Crippen molar-refractivity contribution >= 4 is 11.6 Å². The van der Waals surface area contributed by atoms with Gasteiger partial charge >= 0.3 is 0 Å². The Morgan fingerprint density at radius 3 is 2.29 bits per heavy atom. The number of amides is 1. The van der Waals surface area contributed by atoms with Gasteiger partial charge in [-0.1, -0.05) is 42.5 Å². The van der Waals surface area contributed by atoms with Gasteiger partial charge in [-0.05, 0) is 35.6 Å². The Balaban J connectivity index is 1.80. The largest absolute Gasteiger partial charge is 0.326 e. The van der Waals surface area contributed by atoms with E-state index >= 15 is 0 Å². The van der Waals surface area contributed by atoms with Gasteiger partial charge in [0.2, 0.25) is 5.91 Å². The quantitative estimate of drug-likeness (QED) is 0.939. The Labute approximate surface area is 125 Å². The van der Waals surface area contributed by atoms with Gasteiger partial charge in [-0.3, -0.25) is 4.79 Å². The average Bonchev–Trinajstić information content (AvgIpc) is 2.97. The molecule has 1 aliphatic rings. The summed E-state index contributed by atoms with van der Waals surface area (Å²) in [5, 5.41) is 0. The number of nitrogens with two attached hydrogens (primary N) is 1. The van der Waals surface area contributed by atoms with Crippen LogP contribution in [0.1, 0.15) is 16.7 Å². The minimum Gasteiger partial charge on any atom is -0.326 e. The summed E-state index contributed by atoms with van der Waals surface area (Å²) in [5.41, 5.74) is 10.3. The summed E-state index contributed by atoms with van der Waals surface area (Å²) in [6.07, 6.45) is 1.67. The van der Waals surface area contributed by atoms with Crippen LogP contribution in [0.3, 0.4) is 0 Å². The van der Waals surface area contributed by atoms with Gasteiger partial charge in [-0.2, -0.15) is 0 Å². The molecule has 0 saturated heterocycles. The summed E-state index contributed by atoms with van der Waals surface area (Å²) in [4.78, 5) is 14.5. The van der Waals surface area contributed by atoms with Crippen molar-refractivity contribution < 1.29 is 4.79 Å². The number of rotatable bonds is 3. The minimum atomic E-state index is 0.0400. The van der Waals surface area contributed by atoms with Crippen molar-refractivity contribution in [1.82, 2.24) is 0 Å². The fourth-order valence-corrected chi connectivity index (χ4v) is 3.14. The molecule has 2 N–H and O–H groups in total. The first-order chi connectivity index (χ1) is 10.2. The fourth-order valence-electron chi connectivity index (χ4n) is 3.14. The van der Waals surface area contributed by atoms with Crippen LogP contribution in [0.4, 0.5) is 5.69 Å². The first kappa shape index (κ1) is 13.8. The fraction of sp³-hybridized carbons (Fsp3) is 0.278. The smallest absolute Gasteiger partial charge is 0.230 e. The second-order valence-corrected chi connectivity index (χ2v) is 5.60. The first-order valence-corrected chi connectivity index (χ1v) is 7.33. The van der Waals surface area contributed by atoms with E-state index in [4.69, 9.17) is 5.73 Å². The monoisotopic (exact) mass is 280 g/mol. The predicted octanol–water partition coefficient (Wildman–Crippen LogP) is 2.52. The lowest BCUT2D eigenvalue weighted by Gasteiger charge is -2.23. The number of fused-ring (bicyclic) bond motifs is 1. The molecule has 1 amide bonds. The van der Waals surface area contributed by atoms with E-state index in [0.29, 0.717) is 6.54 Å². The maximum Gasteiger partial charge on any atom is 0.230 e. The highest BCUT2D eigenvalue weighted by atomic mass is 16.2. The molecule has 0 saturated carbocycles. The van der Waals surface area contributed by atoms with Gasteiger partial charge in [0.05, 0.1) is 0 Å². The zero-order valence-electron chi connectivity index (χ0n) is 12.3. The second kappa shape index (κ2) is 5.70. The van der Waals surface area contributed by atoms with E-state index in [2.05, 4.69) is 12.1 Å². The normalized spacial score (nSPS) is 14.0. The van der Waals surface area contributed by atoms with E-state index in [1.165, 1.54) is 11.1 Å². The average molecular weight is 280 g/mol. The Kier molecular flexibility index (Phi) is 3.76. The standard InChI is InChI=1S/C18H20N2O/c1-20(17-9-5-4-8-15(17)12-19)18(21)16-10-13-6-2-3-7-14(13)11-16/h2-9,16H,10-12,19H2,1H3. The number of nitrogens with zero attached hydrogens (tertiary/aromatic N) is 1. The molecule has 1 aliphatic carbocycles. The number of hydrogen-bond acceptors (Lipinski definition) is 2. The maximum absolute atomic E-state index is 12.8. The van der Waals surface area contributed by atoms with Gasteiger partial charge in [0, 0.05) is 25.2 Å². The second-order valence-electron chi connectivity index (χ2n) is 5.60. The van der Waals surface area contributed by atoms with Crippen molar-refractivity contribution in [3.05, 3.63) is 65.2 Å². The molecule has 2 aromatic carbocycles. The first-order valence-electron chi connectivity index (χ1n) is 7.33. The van der Waals surface area contributed by atoms with E-state index in [0.717, 1.165) is 24.1 Å². The molecular weight excluding hydrogens is 260 g/mol. The van der Waals surface area contributed by atoms with Crippen LogP contribution in [0.15, 0.2) is 48.5 Å². The maximum atomic E-state index is 12.8. The highest BCUT2D eigenvalue weighted by Crippen LogP contribution is 2.29. The van der Waals surface area contributed by atoms with Crippen molar-refractivity contribution in [3.8, 4) is 0 Å². The number of carbonyl (C=O) groups is 1. The van der Waals surface area contributed by atoms with Gasteiger partial charge < -0.3 is 10.6 Å². The highest BCUT2D eigenvalue weighted by molar-refractivity contribution is 5.96. The molecule has 0 radical (unpaired) electrons. The van der Waals surface area contributed by atoms with Crippen LogP contribution in [-0.2, 0) is 24.2 Å². The van der Waals surface area contributed by atoms with E-state index in [1.54, 1.807) is 4.90 Å². The number of anilines is 1. The van der Waals surface area contributed by atoms with Crippen LogP contribution >= 0.6 is 0 Å². The third-order valence-corrected chi connectivity index (χ3v) is 4.30. The molecule has 0 heterocycles. The molecule has 0 fully saturated rings. The third-order valence-electron chi connectivity index (χ3n) is 4.30. The molecule has 0 unspecified atom stereocenters. The lowest BCUT2D eigenvalue weighted by Crippen LogP contribution is -2.34. The van der Waals surface area contributed by atoms with Crippen molar-refractivity contribution in [2.45, 2.75) is 19.4 Å². The van der Waals surface area contributed by atoms with Crippen LogP contribution in [-0.4, -0.2) is 13.0 Å². The van der Waals surface area contributed by atoms with Crippen molar-refractivity contribution in [2.24, 2.45) is 11.7 Å². The molecule has 3 nitrogen and oxygen atoms in total. The Morgan fingerprint density at radius 2 is 1.67 bits per heavy atom. The molecule has 2 aromatic rings. The van der Waals surface area contributed by atoms with Crippen molar-refractivity contribution in [2.75, 3.05) is 11.9 Å². The number of hydrogen-bond donors (Lipinski definition) is 1. The molecule has 0 spiro atoms. The Hall–Kier alpha value is -2.13. The van der Waals surface area contributed by atoms with Crippen LogP contribution in [0.5, 0.6) is 0 Å². The van der Waals surface area contributed by atoms with Crippen LogP contribution in [0.2, 0.25) is 0 Å². The molecule has 0 aliphatic heterocycles. The molecule has 108 valence electrons. The lowest BCUT2D eigenvalue weighted by molar-refractivity contribution is -0.121. The molecule has 21 heavy (non-hydrogen) atoms. The van der Waals surface area contributed by atoms with Crippen molar-refractivity contribution in [1.29, 1.82) is 0 Å². The van der Waals surface area contributed by atoms with Gasteiger partial charge in [-0.15, -0.1) is 0 Å². The summed E-state index contributed by atoms with van der Waals surface area (Å²) in [7, 11) is 1.85. The zero-order chi connectivity index (χ0) is 14.8. The summed E-state index contributed by atoms with van der Waals surface area (Å²) in [5.74, 6) is 0.213. The summed E-state index contributed by atoms with van der Waals surface area (Å²) >= 11 is 0. The van der Waals surface area contributed by atoms with Crippen LogP contribution in [0.25, 0.3) is 0 Å². The molecular formula is C18H20N2O. The molecule has 3 heteroatoms. The molecule has 0 aromatic heterocycles. The molecule has 3 rings (SSSR count). The van der Waals surface area contributed by atoms with Gasteiger partial charge in [0.15, 0.2) is 0 Å². The van der Waals surface area contributed by atoms with Crippen molar-refractivity contribution in [3.63, 3.8) is 0 Å². The van der Waals surface area contributed by atoms with E-state index in [-0.39, 0.29) is 11.8 Å². The van der Waals surface area contributed by atoms with Crippen LogP contribution in [0, 0.1) is 5.92 Å². The third kappa shape index (κ3) is 2.57. The van der Waals surface area contributed by atoms with Gasteiger partial charge in [-0.25, -0.2) is 0 Å². The van der Waals surface area contributed by atoms with E-state index in [9.17, 15) is 4.79 Å². The molecule has 0 atom stereocenters. The highest BCUT2D eigenvalue weighted by Gasteiger charge is 2.30. The van der Waals surface area contributed by atoms with Crippen LogP contribution < -0.4 is 10.6 Å². The Morgan fingerprint density at radius 1 is 1.10 bits per heavy atom. The summed E-state index contributed by atoms with van der Waals surface area (Å²) < 4.78 is 0. The van der Waals surface area contributed by atoms with Gasteiger partial charge in [0.1, 0.15) is 0 Å². The minimum absolute atomic E-state index is 0.0400. The zero-order valence-corrected chi connectivity index (χ0v) is 12.3. The van der Waals surface area contributed by atoms with E-state index in [1.807, 2.05) is 43.4 Å².